The van der Waals surface area contributed by atoms with Gasteiger partial charge in [0.15, 0.2) is 0 Å². The predicted molar refractivity (Wildman–Crippen MR) is 99.0 cm³/mol. The van der Waals surface area contributed by atoms with Crippen molar-refractivity contribution in [3.05, 3.63) is 60.4 Å². The first kappa shape index (κ1) is 18.8. The van der Waals surface area contributed by atoms with Gasteiger partial charge in [0, 0.05) is 5.39 Å². The molecule has 27 heavy (non-hydrogen) atoms. The van der Waals surface area contributed by atoms with Crippen molar-refractivity contribution in [3.63, 3.8) is 0 Å². The maximum Gasteiger partial charge on any atom is 0.387 e. The van der Waals surface area contributed by atoms with Crippen LogP contribution >= 0.6 is 0 Å². The minimum Gasteiger partial charge on any atom is -0.459 e. The van der Waals surface area contributed by atoms with Gasteiger partial charge in [0.1, 0.15) is 17.1 Å². The lowest BCUT2D eigenvalue weighted by atomic mass is 10.2. The molecule has 0 aliphatic heterocycles. The Morgan fingerprint density at radius 3 is 2.63 bits per heavy atom. The number of para-hydroxylation sites is 3. The van der Waals surface area contributed by atoms with Crippen LogP contribution in [0.2, 0.25) is 0 Å². The van der Waals surface area contributed by atoms with E-state index in [1.54, 1.807) is 19.2 Å². The molecule has 0 aliphatic carbocycles. The molecule has 0 unspecified atom stereocenters. The van der Waals surface area contributed by atoms with Crippen molar-refractivity contribution in [1.29, 1.82) is 0 Å². The minimum atomic E-state index is -2.96. The van der Waals surface area contributed by atoms with Gasteiger partial charge in [-0.2, -0.15) is 8.78 Å². The SMILES string of the molecule is C[C@@H](c1cc2ccccc2o1)N(C)CC(=O)Nc1ccccc1OC(F)F. The van der Waals surface area contributed by atoms with Crippen LogP contribution in [0.3, 0.4) is 0 Å². The van der Waals surface area contributed by atoms with Crippen molar-refractivity contribution >= 4 is 22.6 Å². The predicted octanol–water partition coefficient (Wildman–Crippen LogP) is 4.67. The summed E-state index contributed by atoms with van der Waals surface area (Å²) in [7, 11) is 1.79. The molecular formula is C20H20F2N2O3. The number of benzene rings is 2. The van der Waals surface area contributed by atoms with Gasteiger partial charge < -0.3 is 14.5 Å². The standard InChI is InChI=1S/C20H20F2N2O3/c1-13(18-11-14-7-3-5-9-16(14)26-18)24(2)12-19(25)23-15-8-4-6-10-17(15)27-20(21)22/h3-11,13,20H,12H2,1-2H3,(H,23,25)/t13-/m0/s1. The van der Waals surface area contributed by atoms with Crippen LogP contribution in [-0.4, -0.2) is 31.0 Å². The highest BCUT2D eigenvalue weighted by Gasteiger charge is 2.19. The summed E-state index contributed by atoms with van der Waals surface area (Å²) in [6, 6.07) is 15.6. The zero-order valence-corrected chi connectivity index (χ0v) is 15.0. The summed E-state index contributed by atoms with van der Waals surface area (Å²) < 4.78 is 35.2. The summed E-state index contributed by atoms with van der Waals surface area (Å²) in [4.78, 5) is 14.2. The van der Waals surface area contributed by atoms with Crippen molar-refractivity contribution < 1.29 is 22.7 Å². The molecule has 1 amide bonds. The number of amides is 1. The quantitative estimate of drug-likeness (QED) is 0.653. The van der Waals surface area contributed by atoms with E-state index in [0.29, 0.717) is 0 Å². The van der Waals surface area contributed by atoms with Gasteiger partial charge in [-0.1, -0.05) is 30.3 Å². The second-order valence-electron chi connectivity index (χ2n) is 6.20. The first-order chi connectivity index (χ1) is 12.9. The molecule has 1 heterocycles. The van der Waals surface area contributed by atoms with E-state index >= 15 is 0 Å². The van der Waals surface area contributed by atoms with Crippen LogP contribution in [0.25, 0.3) is 11.0 Å². The molecule has 0 saturated carbocycles. The van der Waals surface area contributed by atoms with E-state index in [4.69, 9.17) is 4.42 Å². The number of carbonyl (C=O) groups is 1. The molecular weight excluding hydrogens is 354 g/mol. The highest BCUT2D eigenvalue weighted by Crippen LogP contribution is 2.28. The highest BCUT2D eigenvalue weighted by molar-refractivity contribution is 5.93. The van der Waals surface area contributed by atoms with Gasteiger partial charge in [0.05, 0.1) is 18.3 Å². The summed E-state index contributed by atoms with van der Waals surface area (Å²) in [5, 5.41) is 3.61. The highest BCUT2D eigenvalue weighted by atomic mass is 19.3. The minimum absolute atomic E-state index is 0.0568. The van der Waals surface area contributed by atoms with Crippen LogP contribution in [0.4, 0.5) is 14.5 Å². The molecule has 1 N–H and O–H groups in total. The third kappa shape index (κ3) is 4.62. The third-order valence-electron chi connectivity index (χ3n) is 4.29. The molecule has 1 aromatic heterocycles. The number of hydrogen-bond acceptors (Lipinski definition) is 4. The van der Waals surface area contributed by atoms with Crippen molar-refractivity contribution in [3.8, 4) is 5.75 Å². The number of nitrogens with zero attached hydrogens (tertiary/aromatic N) is 1. The van der Waals surface area contributed by atoms with E-state index in [0.717, 1.165) is 16.7 Å². The molecule has 7 heteroatoms. The van der Waals surface area contributed by atoms with E-state index in [9.17, 15) is 13.6 Å². The van der Waals surface area contributed by atoms with Crippen LogP contribution in [0.1, 0.15) is 18.7 Å². The van der Waals surface area contributed by atoms with Crippen LogP contribution in [0, 0.1) is 0 Å². The number of alkyl halides is 2. The molecule has 0 spiro atoms. The topological polar surface area (TPSA) is 54.7 Å². The Hall–Kier alpha value is -2.93. The fraction of sp³-hybridized carbons (Fsp3) is 0.250. The summed E-state index contributed by atoms with van der Waals surface area (Å²) in [6.45, 7) is -0.973. The first-order valence-corrected chi connectivity index (χ1v) is 8.46. The Morgan fingerprint density at radius 2 is 1.89 bits per heavy atom. The molecule has 0 saturated heterocycles. The fourth-order valence-electron chi connectivity index (χ4n) is 2.75. The number of ether oxygens (including phenoxy) is 1. The second-order valence-corrected chi connectivity index (χ2v) is 6.20. The first-order valence-electron chi connectivity index (χ1n) is 8.46. The van der Waals surface area contributed by atoms with Gasteiger partial charge in [-0.05, 0) is 38.2 Å². The molecule has 142 valence electrons. The number of furan rings is 1. The largest absolute Gasteiger partial charge is 0.459 e. The molecule has 3 rings (SSSR count). The number of likely N-dealkylation sites (N-methyl/N-ethyl adjacent to an activating group) is 1. The Morgan fingerprint density at radius 1 is 1.19 bits per heavy atom. The zero-order chi connectivity index (χ0) is 19.4. The number of rotatable bonds is 7. The Labute approximate surface area is 155 Å². The number of anilines is 1. The van der Waals surface area contributed by atoms with Crippen LogP contribution < -0.4 is 10.1 Å². The Bertz CT molecular complexity index is 893. The molecule has 0 fully saturated rings. The van der Waals surface area contributed by atoms with Gasteiger partial charge in [-0.25, -0.2) is 0 Å². The van der Waals surface area contributed by atoms with Crippen molar-refractivity contribution in [2.24, 2.45) is 0 Å². The lowest BCUT2D eigenvalue weighted by Gasteiger charge is -2.22. The lowest BCUT2D eigenvalue weighted by Crippen LogP contribution is -2.32. The van der Waals surface area contributed by atoms with Crippen molar-refractivity contribution in [2.45, 2.75) is 19.6 Å². The van der Waals surface area contributed by atoms with E-state index < -0.39 is 6.61 Å². The van der Waals surface area contributed by atoms with Gasteiger partial charge in [0.2, 0.25) is 5.91 Å². The number of nitrogens with one attached hydrogen (secondary N) is 1. The normalized spacial score (nSPS) is 12.5. The van der Waals surface area contributed by atoms with Gasteiger partial charge in [-0.15, -0.1) is 0 Å². The van der Waals surface area contributed by atoms with Crippen LogP contribution in [-0.2, 0) is 4.79 Å². The second kappa shape index (κ2) is 8.18. The maximum absolute atomic E-state index is 12.5. The van der Waals surface area contributed by atoms with E-state index in [-0.39, 0.29) is 29.9 Å². The average molecular weight is 374 g/mol. The smallest absolute Gasteiger partial charge is 0.387 e. The summed E-state index contributed by atoms with van der Waals surface area (Å²) in [5.74, 6) is 0.326. The Kier molecular flexibility index (Phi) is 5.71. The summed E-state index contributed by atoms with van der Waals surface area (Å²) >= 11 is 0. The molecule has 0 radical (unpaired) electrons. The lowest BCUT2D eigenvalue weighted by molar-refractivity contribution is -0.117. The number of hydrogen-bond donors (Lipinski definition) is 1. The van der Waals surface area contributed by atoms with Gasteiger partial charge >= 0.3 is 6.61 Å². The van der Waals surface area contributed by atoms with Crippen LogP contribution in [0.5, 0.6) is 5.75 Å². The number of halogens is 2. The molecule has 3 aromatic rings. The molecule has 0 aliphatic rings. The van der Waals surface area contributed by atoms with Gasteiger partial charge in [0.25, 0.3) is 0 Å². The maximum atomic E-state index is 12.5. The van der Waals surface area contributed by atoms with E-state index in [1.165, 1.54) is 12.1 Å². The monoisotopic (exact) mass is 374 g/mol. The van der Waals surface area contributed by atoms with E-state index in [2.05, 4.69) is 10.1 Å². The molecule has 0 bridgehead atoms. The molecule has 1 atom stereocenters. The average Bonchev–Trinajstić information content (AvgIpc) is 3.06. The third-order valence-corrected chi connectivity index (χ3v) is 4.29. The fourth-order valence-corrected chi connectivity index (χ4v) is 2.75. The summed E-state index contributed by atoms with van der Waals surface area (Å²) in [5.41, 5.74) is 0.989. The number of carbonyl (C=O) groups excluding carboxylic acids is 1. The van der Waals surface area contributed by atoms with E-state index in [1.807, 2.05) is 42.2 Å². The molecule has 2 aromatic carbocycles. The summed E-state index contributed by atoms with van der Waals surface area (Å²) in [6.07, 6.45) is 0. The molecule has 5 nitrogen and oxygen atoms in total. The van der Waals surface area contributed by atoms with Crippen molar-refractivity contribution in [1.82, 2.24) is 4.90 Å². The van der Waals surface area contributed by atoms with Crippen LogP contribution in [0.15, 0.2) is 59.0 Å². The Balaban J connectivity index is 1.65. The van der Waals surface area contributed by atoms with Crippen molar-refractivity contribution in [2.75, 3.05) is 18.9 Å². The zero-order valence-electron chi connectivity index (χ0n) is 15.0. The number of fused-ring (bicyclic) bond motifs is 1. The van der Waals surface area contributed by atoms with Gasteiger partial charge in [-0.3, -0.25) is 9.69 Å².